The van der Waals surface area contributed by atoms with Crippen molar-refractivity contribution in [2.75, 3.05) is 13.1 Å². The number of aliphatic hydroxyl groups excluding tert-OH is 2. The third kappa shape index (κ3) is 6.15. The molecule has 0 amide bonds. The third-order valence-corrected chi connectivity index (χ3v) is 5.18. The molecule has 1 saturated heterocycles. The van der Waals surface area contributed by atoms with Crippen LogP contribution < -0.4 is 5.32 Å². The summed E-state index contributed by atoms with van der Waals surface area (Å²) in [5.74, 6) is -3.35. The second-order valence-electron chi connectivity index (χ2n) is 6.48. The van der Waals surface area contributed by atoms with Crippen LogP contribution in [0.3, 0.4) is 0 Å². The number of hydrogen-bond acceptors (Lipinski definition) is 6. The topological polar surface area (TPSA) is 144 Å². The lowest BCUT2D eigenvalue weighted by atomic mass is 9.76. The van der Waals surface area contributed by atoms with E-state index in [1.165, 1.54) is 0 Å². The van der Waals surface area contributed by atoms with Crippen LogP contribution in [-0.2, 0) is 9.59 Å². The Morgan fingerprint density at radius 2 is 1.68 bits per heavy atom. The summed E-state index contributed by atoms with van der Waals surface area (Å²) in [6.45, 7) is 3.79. The van der Waals surface area contributed by atoms with E-state index in [1.807, 2.05) is 0 Å². The molecule has 1 aromatic carbocycles. The first-order valence-electron chi connectivity index (χ1n) is 8.58. The summed E-state index contributed by atoms with van der Waals surface area (Å²) in [5.41, 5.74) is 0.410. The molecule has 5 N–H and O–H groups in total. The van der Waals surface area contributed by atoms with E-state index in [-0.39, 0.29) is 11.2 Å². The first-order chi connectivity index (χ1) is 13.1. The molecule has 3 atom stereocenters. The van der Waals surface area contributed by atoms with Crippen molar-refractivity contribution >= 4 is 40.9 Å². The van der Waals surface area contributed by atoms with Gasteiger partial charge in [0, 0.05) is 17.5 Å². The van der Waals surface area contributed by atoms with Gasteiger partial charge in [-0.3, -0.25) is 4.79 Å². The molecule has 1 fully saturated rings. The lowest BCUT2D eigenvalue weighted by Gasteiger charge is -2.26. The second kappa shape index (κ2) is 10.7. The molecule has 0 bridgehead atoms. The molecule has 1 heterocycles. The van der Waals surface area contributed by atoms with Gasteiger partial charge in [0.15, 0.2) is 18.0 Å². The molecule has 28 heavy (non-hydrogen) atoms. The normalized spacial score (nSPS) is 20.6. The van der Waals surface area contributed by atoms with Crippen molar-refractivity contribution in [2.24, 2.45) is 5.41 Å². The molecular weight excluding hydrogens is 413 g/mol. The van der Waals surface area contributed by atoms with Crippen LogP contribution in [0.25, 0.3) is 0 Å². The van der Waals surface area contributed by atoms with E-state index in [9.17, 15) is 14.4 Å². The number of aliphatic carboxylic acids is 2. The molecule has 0 radical (unpaired) electrons. The van der Waals surface area contributed by atoms with E-state index in [0.29, 0.717) is 15.6 Å². The van der Waals surface area contributed by atoms with Gasteiger partial charge in [-0.05, 0) is 37.6 Å². The Bertz CT molecular complexity index is 702. The Kier molecular flexibility index (Phi) is 9.32. The highest BCUT2D eigenvalue weighted by Crippen LogP contribution is 2.36. The van der Waals surface area contributed by atoms with E-state index >= 15 is 0 Å². The maximum absolute atomic E-state index is 12.7. The number of ketones is 1. The number of nitrogens with one attached hydrogen (secondary N) is 1. The number of hydrogen-bond donors (Lipinski definition) is 5. The fourth-order valence-electron chi connectivity index (χ4n) is 2.96. The Morgan fingerprint density at radius 1 is 1.11 bits per heavy atom. The monoisotopic (exact) mass is 435 g/mol. The molecule has 0 spiro atoms. The number of carbonyl (C=O) groups excluding carboxylic acids is 1. The number of benzene rings is 1. The Balaban J connectivity index is 0.000000336. The second-order valence-corrected chi connectivity index (χ2v) is 7.30. The van der Waals surface area contributed by atoms with Crippen molar-refractivity contribution in [1.82, 2.24) is 5.32 Å². The Labute approximate surface area is 172 Å². The van der Waals surface area contributed by atoms with E-state index < -0.39 is 24.1 Å². The van der Waals surface area contributed by atoms with E-state index in [1.54, 1.807) is 18.2 Å². The molecule has 10 heteroatoms. The molecule has 0 aromatic heterocycles. The van der Waals surface area contributed by atoms with Crippen molar-refractivity contribution in [2.45, 2.75) is 38.4 Å². The fourth-order valence-corrected chi connectivity index (χ4v) is 3.25. The maximum Gasteiger partial charge on any atom is 0.335 e. The number of rotatable bonds is 7. The SMILES string of the molecule is CCC[C@]1(C(=O)c2ccc(Cl)c(Cl)c2)CCNC1.O=C(O)C(O)C(O)C(=O)O. The Morgan fingerprint density at radius 3 is 2.07 bits per heavy atom. The summed E-state index contributed by atoms with van der Waals surface area (Å²) >= 11 is 11.9. The molecule has 1 aliphatic rings. The van der Waals surface area contributed by atoms with Crippen molar-refractivity contribution < 1.29 is 34.8 Å². The van der Waals surface area contributed by atoms with Crippen molar-refractivity contribution in [3.63, 3.8) is 0 Å². The number of carboxylic acid groups (broad SMARTS) is 2. The van der Waals surface area contributed by atoms with Gasteiger partial charge in [-0.2, -0.15) is 0 Å². The number of carbonyl (C=O) groups is 3. The van der Waals surface area contributed by atoms with Crippen LogP contribution in [0.15, 0.2) is 18.2 Å². The highest BCUT2D eigenvalue weighted by atomic mass is 35.5. The maximum atomic E-state index is 12.7. The summed E-state index contributed by atoms with van der Waals surface area (Å²) in [6, 6.07) is 5.15. The fraction of sp³-hybridized carbons (Fsp3) is 0.500. The predicted molar refractivity (Wildman–Crippen MR) is 103 cm³/mol. The zero-order chi connectivity index (χ0) is 21.5. The van der Waals surface area contributed by atoms with Crippen LogP contribution in [0.5, 0.6) is 0 Å². The van der Waals surface area contributed by atoms with Crippen LogP contribution >= 0.6 is 23.2 Å². The minimum absolute atomic E-state index is 0.188. The van der Waals surface area contributed by atoms with Crippen LogP contribution in [0.4, 0.5) is 0 Å². The molecule has 8 nitrogen and oxygen atoms in total. The molecule has 2 unspecified atom stereocenters. The highest BCUT2D eigenvalue weighted by molar-refractivity contribution is 6.42. The largest absolute Gasteiger partial charge is 0.479 e. The van der Waals surface area contributed by atoms with Gasteiger partial charge in [-0.25, -0.2) is 9.59 Å². The van der Waals surface area contributed by atoms with Gasteiger partial charge in [0.1, 0.15) is 0 Å². The number of aliphatic hydroxyl groups is 2. The van der Waals surface area contributed by atoms with E-state index in [0.717, 1.165) is 32.4 Å². The molecule has 1 aromatic rings. The number of halogens is 2. The van der Waals surface area contributed by atoms with Gasteiger partial charge in [0.25, 0.3) is 0 Å². The van der Waals surface area contributed by atoms with Gasteiger partial charge in [0.2, 0.25) is 0 Å². The van der Waals surface area contributed by atoms with Crippen LogP contribution in [0, 0.1) is 5.41 Å². The minimum atomic E-state index is -2.27. The van der Waals surface area contributed by atoms with Gasteiger partial charge < -0.3 is 25.7 Å². The standard InChI is InChI=1S/C14H17Cl2NO.C4H6O6/c1-2-5-14(6-7-17-9-14)13(18)10-3-4-11(15)12(16)8-10;5-1(3(7)8)2(6)4(9)10/h3-4,8,17H,2,5-7,9H2,1H3;1-2,5-6H,(H,7,8)(H,9,10)/t14-;/m0./s1. The highest BCUT2D eigenvalue weighted by Gasteiger charge is 2.40. The minimum Gasteiger partial charge on any atom is -0.479 e. The van der Waals surface area contributed by atoms with Gasteiger partial charge in [-0.1, -0.05) is 36.5 Å². The summed E-state index contributed by atoms with van der Waals surface area (Å²) in [7, 11) is 0. The number of Topliss-reactive ketones (excluding diaryl/α,β-unsaturated/α-hetero) is 1. The van der Waals surface area contributed by atoms with Crippen molar-refractivity contribution in [3.05, 3.63) is 33.8 Å². The van der Waals surface area contributed by atoms with Crippen molar-refractivity contribution in [3.8, 4) is 0 Å². The predicted octanol–water partition coefficient (Wildman–Crippen LogP) is 1.83. The summed E-state index contributed by atoms with van der Waals surface area (Å²) in [4.78, 5) is 32.2. The van der Waals surface area contributed by atoms with Gasteiger partial charge in [-0.15, -0.1) is 0 Å². The molecule has 0 aliphatic carbocycles. The first kappa shape index (κ1) is 24.3. The molecule has 1 aliphatic heterocycles. The van der Waals surface area contributed by atoms with E-state index in [4.69, 9.17) is 43.6 Å². The van der Waals surface area contributed by atoms with Crippen LogP contribution in [0.1, 0.15) is 36.5 Å². The molecule has 156 valence electrons. The lowest BCUT2D eigenvalue weighted by molar-refractivity contribution is -0.165. The summed E-state index contributed by atoms with van der Waals surface area (Å²) in [6.07, 6.45) is -1.71. The zero-order valence-electron chi connectivity index (χ0n) is 15.2. The van der Waals surface area contributed by atoms with E-state index in [2.05, 4.69) is 12.2 Å². The number of carboxylic acids is 2. The first-order valence-corrected chi connectivity index (χ1v) is 9.33. The molecule has 2 rings (SSSR count). The van der Waals surface area contributed by atoms with Crippen LogP contribution in [0.2, 0.25) is 10.0 Å². The van der Waals surface area contributed by atoms with Gasteiger partial charge in [0.05, 0.1) is 10.0 Å². The third-order valence-electron chi connectivity index (χ3n) is 4.44. The zero-order valence-corrected chi connectivity index (χ0v) is 16.7. The lowest BCUT2D eigenvalue weighted by Crippen LogP contribution is -2.39. The van der Waals surface area contributed by atoms with Crippen LogP contribution in [-0.4, -0.2) is 63.4 Å². The smallest absolute Gasteiger partial charge is 0.335 e. The average molecular weight is 436 g/mol. The molecule has 0 saturated carbocycles. The average Bonchev–Trinajstić information content (AvgIpc) is 3.12. The Hall–Kier alpha value is -1.71. The summed E-state index contributed by atoms with van der Waals surface area (Å²) < 4.78 is 0. The quantitative estimate of drug-likeness (QED) is 0.407. The molecular formula is C18H23Cl2NO7. The summed E-state index contributed by atoms with van der Waals surface area (Å²) in [5, 5.41) is 36.8. The van der Waals surface area contributed by atoms with Gasteiger partial charge >= 0.3 is 11.9 Å². The van der Waals surface area contributed by atoms with Crippen molar-refractivity contribution in [1.29, 1.82) is 0 Å².